The molecule has 0 fully saturated rings. The Morgan fingerprint density at radius 1 is 1.35 bits per heavy atom. The largest absolute Gasteiger partial charge is 0.376 e. The average Bonchev–Trinajstić information content (AvgIpc) is 2.36. The molecule has 0 aromatic heterocycles. The molecule has 0 amide bonds. The zero-order valence-electron chi connectivity index (χ0n) is 9.27. The van der Waals surface area contributed by atoms with E-state index in [4.69, 9.17) is 0 Å². The Balaban J connectivity index is 3.25. The minimum atomic E-state index is -3.81. The lowest BCUT2D eigenvalue weighted by Gasteiger charge is -2.19. The molecule has 8 heteroatoms. The molecule has 1 N–H and O–H groups in total. The Morgan fingerprint density at radius 2 is 1.88 bits per heavy atom. The number of nitrogens with zero attached hydrogens (tertiary/aromatic N) is 1. The average molecular weight is 261 g/mol. The maximum Gasteiger partial charge on any atom is 0.363 e. The van der Waals surface area contributed by atoms with E-state index in [2.05, 4.69) is 9.05 Å². The van der Waals surface area contributed by atoms with Crippen molar-refractivity contribution in [3.63, 3.8) is 0 Å². The van der Waals surface area contributed by atoms with E-state index in [1.807, 2.05) is 0 Å². The predicted octanol–water partition coefficient (Wildman–Crippen LogP) is 2.07. The minimum Gasteiger partial charge on any atom is -0.376 e. The molecule has 0 spiro atoms. The summed E-state index contributed by atoms with van der Waals surface area (Å²) in [6.45, 7) is 0. The minimum absolute atomic E-state index is 0.107. The molecule has 1 aromatic rings. The van der Waals surface area contributed by atoms with Crippen molar-refractivity contribution in [2.24, 2.45) is 0 Å². The topological polar surface area (TPSA) is 98.9 Å². The number of nitro groups is 1. The van der Waals surface area contributed by atoms with Crippen LogP contribution in [0.3, 0.4) is 0 Å². The van der Waals surface area contributed by atoms with Crippen LogP contribution in [-0.2, 0) is 13.6 Å². The molecule has 94 valence electrons. The Kier molecular flexibility index (Phi) is 4.36. The number of hydrogen-bond acceptors (Lipinski definition) is 6. The van der Waals surface area contributed by atoms with Gasteiger partial charge in [0.1, 0.15) is 0 Å². The van der Waals surface area contributed by atoms with Gasteiger partial charge in [-0.2, -0.15) is 0 Å². The van der Waals surface area contributed by atoms with Crippen molar-refractivity contribution >= 4 is 13.3 Å². The van der Waals surface area contributed by atoms with Crippen LogP contribution in [0.15, 0.2) is 24.3 Å². The summed E-state index contributed by atoms with van der Waals surface area (Å²) in [6.07, 6.45) is 0. The molecule has 0 aliphatic rings. The van der Waals surface area contributed by atoms with Crippen LogP contribution < -0.4 is 0 Å². The number of benzene rings is 1. The molecule has 0 saturated heterocycles. The SMILES string of the molecule is COP(=O)(OC)C(O)c1ccccc1[N+](=O)[O-]. The molecule has 0 heterocycles. The first-order valence-electron chi connectivity index (χ1n) is 4.59. The van der Waals surface area contributed by atoms with E-state index in [0.29, 0.717) is 0 Å². The second-order valence-corrected chi connectivity index (χ2v) is 5.39. The molecular weight excluding hydrogens is 249 g/mol. The van der Waals surface area contributed by atoms with E-state index >= 15 is 0 Å². The van der Waals surface area contributed by atoms with Crippen molar-refractivity contribution in [1.29, 1.82) is 0 Å². The quantitative estimate of drug-likeness (QED) is 0.494. The van der Waals surface area contributed by atoms with Gasteiger partial charge in [0.25, 0.3) is 5.69 Å². The van der Waals surface area contributed by atoms with Crippen LogP contribution in [0, 0.1) is 10.1 Å². The fraction of sp³-hybridized carbons (Fsp3) is 0.333. The van der Waals surface area contributed by atoms with E-state index < -0.39 is 18.4 Å². The van der Waals surface area contributed by atoms with Gasteiger partial charge >= 0.3 is 7.60 Å². The lowest BCUT2D eigenvalue weighted by molar-refractivity contribution is -0.386. The fourth-order valence-electron chi connectivity index (χ4n) is 1.32. The number of para-hydroxylation sites is 1. The first-order chi connectivity index (χ1) is 7.96. The zero-order valence-corrected chi connectivity index (χ0v) is 10.2. The van der Waals surface area contributed by atoms with E-state index in [0.717, 1.165) is 14.2 Å². The predicted molar refractivity (Wildman–Crippen MR) is 59.7 cm³/mol. The number of aliphatic hydroxyl groups excluding tert-OH is 1. The second-order valence-electron chi connectivity index (χ2n) is 3.09. The Morgan fingerprint density at radius 3 is 2.35 bits per heavy atom. The van der Waals surface area contributed by atoms with Crippen LogP contribution in [0.25, 0.3) is 0 Å². The van der Waals surface area contributed by atoms with Crippen LogP contribution in [0.2, 0.25) is 0 Å². The fourth-order valence-corrected chi connectivity index (χ4v) is 2.42. The lowest BCUT2D eigenvalue weighted by atomic mass is 10.2. The van der Waals surface area contributed by atoms with Crippen LogP contribution in [-0.4, -0.2) is 24.2 Å². The van der Waals surface area contributed by atoms with Crippen LogP contribution >= 0.6 is 7.60 Å². The van der Waals surface area contributed by atoms with Crippen LogP contribution in [0.4, 0.5) is 5.69 Å². The molecule has 1 rings (SSSR count). The molecule has 0 aliphatic heterocycles. The van der Waals surface area contributed by atoms with Gasteiger partial charge in [0.05, 0.1) is 10.5 Å². The van der Waals surface area contributed by atoms with Crippen molar-refractivity contribution in [2.75, 3.05) is 14.2 Å². The normalized spacial score (nSPS) is 13.4. The van der Waals surface area contributed by atoms with Gasteiger partial charge in [-0.1, -0.05) is 12.1 Å². The summed E-state index contributed by atoms with van der Waals surface area (Å²) in [5.41, 5.74) is -0.446. The summed E-state index contributed by atoms with van der Waals surface area (Å²) in [5.74, 6) is -1.70. The maximum atomic E-state index is 11.9. The highest BCUT2D eigenvalue weighted by Crippen LogP contribution is 2.59. The maximum absolute atomic E-state index is 11.9. The molecule has 0 bridgehead atoms. The van der Waals surface area contributed by atoms with Crippen molar-refractivity contribution in [3.8, 4) is 0 Å². The van der Waals surface area contributed by atoms with Crippen molar-refractivity contribution in [3.05, 3.63) is 39.9 Å². The van der Waals surface area contributed by atoms with E-state index in [9.17, 15) is 19.8 Å². The molecule has 0 aliphatic carbocycles. The van der Waals surface area contributed by atoms with Gasteiger partial charge in [0, 0.05) is 20.3 Å². The molecule has 17 heavy (non-hydrogen) atoms. The first kappa shape index (κ1) is 13.8. The van der Waals surface area contributed by atoms with Gasteiger partial charge in [-0.05, 0) is 6.07 Å². The standard InChI is InChI=1S/C9H12NO6P/c1-15-17(14,16-2)9(11)7-5-3-4-6-8(7)10(12)13/h3-6,9,11H,1-2H3. The highest BCUT2D eigenvalue weighted by atomic mass is 31.2. The number of hydrogen-bond donors (Lipinski definition) is 1. The van der Waals surface area contributed by atoms with Gasteiger partial charge in [0.2, 0.25) is 0 Å². The third-order valence-corrected chi connectivity index (χ3v) is 4.12. The Bertz CT molecular complexity index is 455. The summed E-state index contributed by atoms with van der Waals surface area (Å²) in [4.78, 5) is 10.1. The second kappa shape index (κ2) is 5.37. The van der Waals surface area contributed by atoms with E-state index in [1.54, 1.807) is 0 Å². The molecule has 1 aromatic carbocycles. The molecule has 1 unspecified atom stereocenters. The van der Waals surface area contributed by atoms with E-state index in [1.165, 1.54) is 24.3 Å². The molecular formula is C9H12NO6P. The zero-order chi connectivity index (χ0) is 13.1. The van der Waals surface area contributed by atoms with E-state index in [-0.39, 0.29) is 11.3 Å². The van der Waals surface area contributed by atoms with Gasteiger partial charge in [-0.25, -0.2) is 0 Å². The third kappa shape index (κ3) is 2.70. The highest BCUT2D eigenvalue weighted by Gasteiger charge is 2.37. The van der Waals surface area contributed by atoms with Gasteiger partial charge < -0.3 is 14.2 Å². The van der Waals surface area contributed by atoms with Gasteiger partial charge in [-0.3, -0.25) is 14.7 Å². The number of rotatable bonds is 5. The van der Waals surface area contributed by atoms with Gasteiger partial charge in [-0.15, -0.1) is 0 Å². The van der Waals surface area contributed by atoms with Crippen LogP contribution in [0.5, 0.6) is 0 Å². The molecule has 7 nitrogen and oxygen atoms in total. The third-order valence-electron chi connectivity index (χ3n) is 2.22. The molecule has 0 radical (unpaired) electrons. The van der Waals surface area contributed by atoms with Crippen molar-refractivity contribution < 1.29 is 23.6 Å². The number of nitro benzene ring substituents is 1. The first-order valence-corrected chi connectivity index (χ1v) is 6.20. The summed E-state index contributed by atoms with van der Waals surface area (Å²) in [5, 5.41) is 20.6. The van der Waals surface area contributed by atoms with Crippen molar-refractivity contribution in [1.82, 2.24) is 0 Å². The Labute approximate surface area is 97.7 Å². The molecule has 1 atom stereocenters. The van der Waals surface area contributed by atoms with Crippen molar-refractivity contribution in [2.45, 2.75) is 5.85 Å². The lowest BCUT2D eigenvalue weighted by Crippen LogP contribution is -2.05. The van der Waals surface area contributed by atoms with Crippen LogP contribution in [0.1, 0.15) is 11.4 Å². The summed E-state index contributed by atoms with van der Waals surface area (Å²) < 4.78 is 21.1. The smallest absolute Gasteiger partial charge is 0.363 e. The molecule has 0 saturated carbocycles. The number of aliphatic hydroxyl groups is 1. The summed E-state index contributed by atoms with van der Waals surface area (Å²) >= 11 is 0. The monoisotopic (exact) mass is 261 g/mol. The Hall–Kier alpha value is -1.27. The summed E-state index contributed by atoms with van der Waals surface area (Å²) in [7, 11) is -1.61. The van der Waals surface area contributed by atoms with Gasteiger partial charge in [0.15, 0.2) is 5.85 Å². The highest BCUT2D eigenvalue weighted by molar-refractivity contribution is 7.54. The summed E-state index contributed by atoms with van der Waals surface area (Å²) in [6, 6.07) is 5.43.